The molecule has 0 atom stereocenters. The van der Waals surface area contributed by atoms with Crippen LogP contribution in [0.5, 0.6) is 0 Å². The lowest BCUT2D eigenvalue weighted by molar-refractivity contribution is 0.361. The van der Waals surface area contributed by atoms with Gasteiger partial charge in [0.25, 0.3) is 0 Å². The zero-order valence-corrected chi connectivity index (χ0v) is 10.4. The molecule has 1 N–H and O–H groups in total. The summed E-state index contributed by atoms with van der Waals surface area (Å²) in [6.07, 6.45) is 6.48. The van der Waals surface area contributed by atoms with E-state index in [1.54, 1.807) is 0 Å². The molecule has 1 heterocycles. The summed E-state index contributed by atoms with van der Waals surface area (Å²) >= 11 is 0. The summed E-state index contributed by atoms with van der Waals surface area (Å²) in [6, 6.07) is 0. The number of hydrogen-bond acceptors (Lipinski definition) is 2. The Bertz CT molecular complexity index is 283. The molecule has 0 bridgehead atoms. The average Bonchev–Trinajstić information content (AvgIpc) is 2.49. The molecule has 3 heteroatoms. The fraction of sp³-hybridized carbons (Fsp3) is 0.750. The number of hydrogen-bond donors (Lipinski definition) is 1. The number of aromatic nitrogens is 2. The Hall–Kier alpha value is -0.830. The van der Waals surface area contributed by atoms with Gasteiger partial charge in [0.2, 0.25) is 0 Å². The van der Waals surface area contributed by atoms with E-state index in [2.05, 4.69) is 37.4 Å². The second-order valence-electron chi connectivity index (χ2n) is 5.36. The van der Waals surface area contributed by atoms with Gasteiger partial charge in [-0.1, -0.05) is 20.8 Å². The first kappa shape index (κ1) is 12.2. The average molecular weight is 209 g/mol. The van der Waals surface area contributed by atoms with Crippen molar-refractivity contribution < 1.29 is 0 Å². The van der Waals surface area contributed by atoms with Gasteiger partial charge in [0, 0.05) is 25.4 Å². The van der Waals surface area contributed by atoms with Crippen molar-refractivity contribution >= 4 is 0 Å². The van der Waals surface area contributed by atoms with Crippen LogP contribution < -0.4 is 5.32 Å². The molecule has 1 aromatic heterocycles. The molecule has 0 amide bonds. The van der Waals surface area contributed by atoms with Crippen LogP contribution in [0.1, 0.15) is 39.2 Å². The molecule has 0 radical (unpaired) electrons. The first-order valence-electron chi connectivity index (χ1n) is 5.66. The smallest absolute Gasteiger partial charge is 0.0534 e. The van der Waals surface area contributed by atoms with Gasteiger partial charge in [-0.2, -0.15) is 5.10 Å². The summed E-state index contributed by atoms with van der Waals surface area (Å²) in [5.74, 6) is 0. The van der Waals surface area contributed by atoms with E-state index >= 15 is 0 Å². The Balaban J connectivity index is 2.07. The van der Waals surface area contributed by atoms with E-state index < -0.39 is 0 Å². The van der Waals surface area contributed by atoms with Crippen LogP contribution in [0.4, 0.5) is 0 Å². The van der Waals surface area contributed by atoms with Crippen LogP contribution in [0.15, 0.2) is 12.4 Å². The molecule has 0 saturated heterocycles. The number of nitrogens with zero attached hydrogens (tertiary/aromatic N) is 2. The van der Waals surface area contributed by atoms with Crippen molar-refractivity contribution in [1.29, 1.82) is 0 Å². The molecule has 1 aromatic rings. The predicted octanol–water partition coefficient (Wildman–Crippen LogP) is 2.34. The molecule has 0 aromatic carbocycles. The first-order valence-corrected chi connectivity index (χ1v) is 5.66. The minimum atomic E-state index is 0.454. The van der Waals surface area contributed by atoms with Crippen molar-refractivity contribution in [1.82, 2.24) is 15.1 Å². The lowest BCUT2D eigenvalue weighted by atomic mass is 9.91. The Labute approximate surface area is 92.9 Å². The number of rotatable bonds is 5. The number of nitrogens with one attached hydrogen (secondary N) is 1. The maximum Gasteiger partial charge on any atom is 0.0534 e. The minimum absolute atomic E-state index is 0.454. The maximum absolute atomic E-state index is 4.13. The Morgan fingerprint density at radius 3 is 2.67 bits per heavy atom. The van der Waals surface area contributed by atoms with Gasteiger partial charge in [0.15, 0.2) is 0 Å². The van der Waals surface area contributed by atoms with Crippen LogP contribution in [0, 0.1) is 5.41 Å². The van der Waals surface area contributed by atoms with E-state index in [1.165, 1.54) is 18.4 Å². The molecule has 3 nitrogen and oxygen atoms in total. The van der Waals surface area contributed by atoms with Crippen molar-refractivity contribution in [3.63, 3.8) is 0 Å². The molecule has 15 heavy (non-hydrogen) atoms. The Morgan fingerprint density at radius 2 is 2.13 bits per heavy atom. The maximum atomic E-state index is 4.13. The fourth-order valence-electron chi connectivity index (χ4n) is 1.54. The lowest BCUT2D eigenvalue weighted by Gasteiger charge is -2.17. The predicted molar refractivity (Wildman–Crippen MR) is 63.6 cm³/mol. The summed E-state index contributed by atoms with van der Waals surface area (Å²) in [4.78, 5) is 0. The van der Waals surface area contributed by atoms with Gasteiger partial charge < -0.3 is 5.32 Å². The topological polar surface area (TPSA) is 29.9 Å². The number of aryl methyl sites for hydroxylation is 1. The molecule has 1 rings (SSSR count). The van der Waals surface area contributed by atoms with Gasteiger partial charge in [0.05, 0.1) is 6.20 Å². The summed E-state index contributed by atoms with van der Waals surface area (Å²) in [5.41, 5.74) is 1.71. The highest BCUT2D eigenvalue weighted by Crippen LogP contribution is 2.19. The van der Waals surface area contributed by atoms with Gasteiger partial charge in [-0.05, 0) is 24.8 Å². The van der Waals surface area contributed by atoms with E-state index in [1.807, 2.05) is 17.9 Å². The molecule has 86 valence electrons. The Morgan fingerprint density at radius 1 is 1.40 bits per heavy atom. The summed E-state index contributed by atoms with van der Waals surface area (Å²) in [7, 11) is 1.95. The molecular formula is C12H23N3. The van der Waals surface area contributed by atoms with E-state index in [4.69, 9.17) is 0 Å². The van der Waals surface area contributed by atoms with Gasteiger partial charge >= 0.3 is 0 Å². The van der Waals surface area contributed by atoms with Crippen molar-refractivity contribution in [2.24, 2.45) is 12.5 Å². The van der Waals surface area contributed by atoms with Crippen LogP contribution >= 0.6 is 0 Å². The van der Waals surface area contributed by atoms with Gasteiger partial charge in [-0.25, -0.2) is 0 Å². The van der Waals surface area contributed by atoms with Crippen LogP contribution in [0.25, 0.3) is 0 Å². The molecule has 0 spiro atoms. The standard InChI is InChI=1S/C12H23N3/c1-12(2,3)6-5-7-13-8-11-9-14-15(4)10-11/h9-10,13H,5-8H2,1-4H3. The molecule has 0 saturated carbocycles. The zero-order valence-electron chi connectivity index (χ0n) is 10.4. The molecule has 0 aliphatic carbocycles. The third kappa shape index (κ3) is 5.57. The lowest BCUT2D eigenvalue weighted by Crippen LogP contribution is -2.16. The normalized spacial score (nSPS) is 12.0. The minimum Gasteiger partial charge on any atom is -0.313 e. The first-order chi connectivity index (χ1) is 6.97. The van der Waals surface area contributed by atoms with E-state index in [0.29, 0.717) is 5.41 Å². The van der Waals surface area contributed by atoms with Crippen LogP contribution in [0.3, 0.4) is 0 Å². The zero-order chi connectivity index (χ0) is 11.3. The van der Waals surface area contributed by atoms with Crippen LogP contribution in [-0.4, -0.2) is 16.3 Å². The van der Waals surface area contributed by atoms with Gasteiger partial charge in [0.1, 0.15) is 0 Å². The molecule has 0 unspecified atom stereocenters. The van der Waals surface area contributed by atoms with Crippen molar-refractivity contribution in [2.45, 2.75) is 40.2 Å². The quantitative estimate of drug-likeness (QED) is 0.754. The van der Waals surface area contributed by atoms with Crippen LogP contribution in [0.2, 0.25) is 0 Å². The summed E-state index contributed by atoms with van der Waals surface area (Å²) in [6.45, 7) is 8.88. The van der Waals surface area contributed by atoms with E-state index in [-0.39, 0.29) is 0 Å². The molecular weight excluding hydrogens is 186 g/mol. The molecule has 0 aliphatic rings. The van der Waals surface area contributed by atoms with Crippen molar-refractivity contribution in [2.75, 3.05) is 6.54 Å². The third-order valence-corrected chi connectivity index (χ3v) is 2.37. The second kappa shape index (κ2) is 5.31. The Kier molecular flexibility index (Phi) is 4.33. The largest absolute Gasteiger partial charge is 0.313 e. The summed E-state index contributed by atoms with van der Waals surface area (Å²) in [5, 5.41) is 7.57. The highest BCUT2D eigenvalue weighted by molar-refractivity contribution is 5.02. The fourth-order valence-corrected chi connectivity index (χ4v) is 1.54. The summed E-state index contributed by atoms with van der Waals surface area (Å²) < 4.78 is 1.84. The molecule has 0 aliphatic heterocycles. The third-order valence-electron chi connectivity index (χ3n) is 2.37. The highest BCUT2D eigenvalue weighted by atomic mass is 15.2. The second-order valence-corrected chi connectivity index (χ2v) is 5.36. The van der Waals surface area contributed by atoms with E-state index in [0.717, 1.165) is 13.1 Å². The van der Waals surface area contributed by atoms with E-state index in [9.17, 15) is 0 Å². The monoisotopic (exact) mass is 209 g/mol. The van der Waals surface area contributed by atoms with Gasteiger partial charge in [-0.15, -0.1) is 0 Å². The van der Waals surface area contributed by atoms with Crippen LogP contribution in [-0.2, 0) is 13.6 Å². The van der Waals surface area contributed by atoms with Crippen molar-refractivity contribution in [3.05, 3.63) is 18.0 Å². The van der Waals surface area contributed by atoms with Crippen molar-refractivity contribution in [3.8, 4) is 0 Å². The highest BCUT2D eigenvalue weighted by Gasteiger charge is 2.08. The SMILES string of the molecule is Cn1cc(CNCCCC(C)(C)C)cn1. The molecule has 0 fully saturated rings. The van der Waals surface area contributed by atoms with Gasteiger partial charge in [-0.3, -0.25) is 4.68 Å².